The Bertz CT molecular complexity index is 1450. The number of aromatic amines is 1. The van der Waals surface area contributed by atoms with E-state index >= 15 is 0 Å². The SMILES string of the molecule is C=C(O[C@H]1[C@H](O)[C@@H](CO)OC(OP(=O)(O)OP(=O)(O)OC[C@H]2OC(n3ccc(=O)[nH]c3=O)[C@H](O)[C@@H]2O)[C@@H]1NC(C)=O)C(=O)O. The third kappa shape index (κ3) is 8.67. The molecule has 0 saturated carbocycles. The molecule has 4 unspecified atom stereocenters. The number of rotatable bonds is 13. The number of carboxylic acids is 1. The van der Waals surface area contributed by atoms with Crippen LogP contribution in [0.5, 0.6) is 0 Å². The summed E-state index contributed by atoms with van der Waals surface area (Å²) in [6.07, 6.45) is -13.5. The molecule has 9 N–H and O–H groups in total. The number of aliphatic hydroxyl groups excluding tert-OH is 4. The molecule has 2 fully saturated rings. The summed E-state index contributed by atoms with van der Waals surface area (Å²) in [6, 6.07) is -0.893. The van der Waals surface area contributed by atoms with Crippen molar-refractivity contribution in [3.8, 4) is 0 Å². The van der Waals surface area contributed by atoms with Crippen LogP contribution in [0.1, 0.15) is 13.2 Å². The highest BCUT2D eigenvalue weighted by molar-refractivity contribution is 7.61. The zero-order valence-corrected chi connectivity index (χ0v) is 24.1. The molecule has 0 spiro atoms. The molecule has 1 aromatic heterocycles. The van der Waals surface area contributed by atoms with Crippen LogP contribution in [-0.4, -0.2) is 119 Å². The van der Waals surface area contributed by atoms with Gasteiger partial charge in [-0.2, -0.15) is 4.31 Å². The molecule has 2 saturated heterocycles. The minimum Gasteiger partial charge on any atom is -0.478 e. The standard InChI is InChI=1S/C20H29N3O19P2/c1-7(18(30)31)38-16-12(21-8(2)25)19(40-9(5-24)14(16)28)41-44(35,36)42-43(33,34)37-6-10-13(27)15(29)17(39-10)23-4-3-11(26)22-20(23)32/h3-4,9-10,12-17,19,24,27-29H,1,5-6H2,2H3,(H,21,25)(H,30,31)(H,33,34)(H,35,36)(H,22,26,32)/t9-,10-,12-,13-,14-,15-,16-,17?,19?/m1/s1. The number of carbonyl (C=O) groups is 2. The summed E-state index contributed by atoms with van der Waals surface area (Å²) in [6.45, 7) is 1.98. The predicted molar refractivity (Wildman–Crippen MR) is 136 cm³/mol. The van der Waals surface area contributed by atoms with Crippen LogP contribution in [0.15, 0.2) is 34.2 Å². The Morgan fingerprint density at radius 1 is 1.09 bits per heavy atom. The van der Waals surface area contributed by atoms with E-state index in [9.17, 15) is 58.5 Å². The number of hydrogen-bond donors (Lipinski definition) is 9. The van der Waals surface area contributed by atoms with Crippen molar-refractivity contribution >= 4 is 27.5 Å². The second kappa shape index (κ2) is 14.1. The summed E-state index contributed by atoms with van der Waals surface area (Å²) in [4.78, 5) is 68.4. The van der Waals surface area contributed by atoms with Crippen molar-refractivity contribution in [3.05, 3.63) is 45.4 Å². The Morgan fingerprint density at radius 2 is 1.75 bits per heavy atom. The molecule has 24 heteroatoms. The van der Waals surface area contributed by atoms with Gasteiger partial charge >= 0.3 is 27.3 Å². The lowest BCUT2D eigenvalue weighted by Gasteiger charge is -2.43. The van der Waals surface area contributed by atoms with Gasteiger partial charge in [0.05, 0.1) is 13.2 Å². The summed E-state index contributed by atoms with van der Waals surface area (Å²) in [7, 11) is -11.4. The number of hydrogen-bond acceptors (Lipinski definition) is 16. The van der Waals surface area contributed by atoms with Gasteiger partial charge in [-0.25, -0.2) is 18.7 Å². The highest BCUT2D eigenvalue weighted by atomic mass is 31.3. The molecule has 0 radical (unpaired) electrons. The van der Waals surface area contributed by atoms with Crippen LogP contribution in [0, 0.1) is 0 Å². The number of aromatic nitrogens is 2. The fourth-order valence-electron chi connectivity index (χ4n) is 4.10. The van der Waals surface area contributed by atoms with Crippen molar-refractivity contribution in [1.82, 2.24) is 14.9 Å². The highest BCUT2D eigenvalue weighted by Crippen LogP contribution is 2.61. The first-order valence-electron chi connectivity index (χ1n) is 12.2. The molecule has 3 rings (SSSR count). The van der Waals surface area contributed by atoms with Crippen molar-refractivity contribution in [2.45, 2.75) is 62.1 Å². The molecule has 1 aromatic rings. The number of phosphoric ester groups is 2. The largest absolute Gasteiger partial charge is 0.483 e. The first-order chi connectivity index (χ1) is 20.4. The molecule has 22 nitrogen and oxygen atoms in total. The summed E-state index contributed by atoms with van der Waals surface area (Å²) in [5.74, 6) is -3.52. The van der Waals surface area contributed by atoms with Crippen molar-refractivity contribution in [3.63, 3.8) is 0 Å². The lowest BCUT2D eigenvalue weighted by atomic mass is 9.96. The topological polar surface area (TPSA) is 332 Å². The number of ether oxygens (including phenoxy) is 3. The summed E-state index contributed by atoms with van der Waals surface area (Å²) < 4.78 is 55.0. The molecular weight excluding hydrogens is 648 g/mol. The molecule has 248 valence electrons. The highest BCUT2D eigenvalue weighted by Gasteiger charge is 2.52. The molecular formula is C20H29N3O19P2. The predicted octanol–water partition coefficient (Wildman–Crippen LogP) is -4.03. The zero-order valence-electron chi connectivity index (χ0n) is 22.3. The van der Waals surface area contributed by atoms with Crippen LogP contribution in [-0.2, 0) is 46.3 Å². The summed E-state index contributed by atoms with van der Waals surface area (Å²) >= 11 is 0. The number of carboxylic acid groups (broad SMARTS) is 1. The molecule has 2 aliphatic rings. The van der Waals surface area contributed by atoms with E-state index in [1.54, 1.807) is 0 Å². The third-order valence-electron chi connectivity index (χ3n) is 6.05. The number of H-pyrrole nitrogens is 1. The first-order valence-corrected chi connectivity index (χ1v) is 15.2. The third-order valence-corrected chi connectivity index (χ3v) is 8.65. The van der Waals surface area contributed by atoms with E-state index in [-0.39, 0.29) is 0 Å². The maximum Gasteiger partial charge on any atom is 0.483 e. The average Bonchev–Trinajstić information content (AvgIpc) is 3.18. The second-order valence-electron chi connectivity index (χ2n) is 9.24. The van der Waals surface area contributed by atoms with Crippen molar-refractivity contribution in [2.24, 2.45) is 0 Å². The van der Waals surface area contributed by atoms with E-state index in [0.717, 1.165) is 19.2 Å². The maximum atomic E-state index is 12.7. The lowest BCUT2D eigenvalue weighted by Crippen LogP contribution is -2.65. The maximum absolute atomic E-state index is 12.7. The Hall–Kier alpha value is -2.82. The number of carbonyl (C=O) groups excluding carboxylic acids is 1. The number of nitrogens with zero attached hydrogens (tertiary/aromatic N) is 1. The van der Waals surface area contributed by atoms with Gasteiger partial charge in [0.25, 0.3) is 5.56 Å². The first kappa shape index (κ1) is 35.7. The van der Waals surface area contributed by atoms with Crippen LogP contribution < -0.4 is 16.6 Å². The fourth-order valence-corrected chi connectivity index (χ4v) is 6.26. The van der Waals surface area contributed by atoms with Gasteiger partial charge < -0.3 is 54.8 Å². The number of aliphatic carboxylic acids is 1. The number of nitrogens with one attached hydrogen (secondary N) is 2. The smallest absolute Gasteiger partial charge is 0.478 e. The lowest BCUT2D eigenvalue weighted by molar-refractivity contribution is -0.251. The van der Waals surface area contributed by atoms with Crippen molar-refractivity contribution in [2.75, 3.05) is 13.2 Å². The van der Waals surface area contributed by atoms with Crippen molar-refractivity contribution in [1.29, 1.82) is 0 Å². The van der Waals surface area contributed by atoms with Crippen molar-refractivity contribution < 1.29 is 81.6 Å². The summed E-state index contributed by atoms with van der Waals surface area (Å²) in [5.41, 5.74) is -1.80. The monoisotopic (exact) mass is 677 g/mol. The van der Waals surface area contributed by atoms with E-state index in [0.29, 0.717) is 4.57 Å². The minimum atomic E-state index is -5.76. The van der Waals surface area contributed by atoms with Crippen LogP contribution in [0.2, 0.25) is 0 Å². The van der Waals surface area contributed by atoms with E-state index < -0.39 is 113 Å². The summed E-state index contributed by atoms with van der Waals surface area (Å²) in [5, 5.41) is 51.7. The number of amides is 1. The Labute approximate surface area is 245 Å². The van der Waals surface area contributed by atoms with Crippen LogP contribution in [0.25, 0.3) is 0 Å². The van der Waals surface area contributed by atoms with Crippen LogP contribution in [0.3, 0.4) is 0 Å². The molecule has 1 amide bonds. The molecule has 11 atom stereocenters. The number of aliphatic hydroxyl groups is 4. The van der Waals surface area contributed by atoms with Gasteiger partial charge in [0, 0.05) is 19.2 Å². The van der Waals surface area contributed by atoms with Gasteiger partial charge in [-0.1, -0.05) is 0 Å². The quantitative estimate of drug-likeness (QED) is 0.0545. The van der Waals surface area contributed by atoms with Gasteiger partial charge in [-0.05, 0) is 6.58 Å². The molecule has 44 heavy (non-hydrogen) atoms. The van der Waals surface area contributed by atoms with Gasteiger partial charge in [0.2, 0.25) is 5.91 Å². The molecule has 0 aliphatic carbocycles. The van der Waals surface area contributed by atoms with Crippen LogP contribution >= 0.6 is 15.6 Å². The molecule has 2 aliphatic heterocycles. The van der Waals surface area contributed by atoms with E-state index in [1.807, 2.05) is 4.98 Å². The van der Waals surface area contributed by atoms with Gasteiger partial charge in [0.1, 0.15) is 36.6 Å². The fraction of sp³-hybridized carbons (Fsp3) is 0.600. The van der Waals surface area contributed by atoms with Gasteiger partial charge in [-0.15, -0.1) is 0 Å². The number of phosphoric acid groups is 2. The minimum absolute atomic E-state index is 0.703. The normalized spacial score (nSPS) is 33.1. The molecule has 0 aromatic carbocycles. The average molecular weight is 677 g/mol. The van der Waals surface area contributed by atoms with Gasteiger partial charge in [-0.3, -0.25) is 28.2 Å². The van der Waals surface area contributed by atoms with Gasteiger partial charge in [0.15, 0.2) is 24.4 Å². The van der Waals surface area contributed by atoms with E-state index in [2.05, 4.69) is 20.7 Å². The molecule has 0 bridgehead atoms. The Kier molecular flexibility index (Phi) is 11.4. The van der Waals surface area contributed by atoms with E-state index in [4.69, 9.17) is 23.8 Å². The zero-order chi connectivity index (χ0) is 33.1. The molecule has 3 heterocycles. The van der Waals surface area contributed by atoms with Crippen LogP contribution in [0.4, 0.5) is 0 Å². The Balaban J connectivity index is 1.72. The second-order valence-corrected chi connectivity index (χ2v) is 12.2. The Morgan fingerprint density at radius 3 is 2.32 bits per heavy atom. The van der Waals surface area contributed by atoms with E-state index in [1.165, 1.54) is 0 Å².